The van der Waals surface area contributed by atoms with Crippen molar-refractivity contribution in [1.29, 1.82) is 0 Å². The van der Waals surface area contributed by atoms with E-state index in [0.29, 0.717) is 12.8 Å². The van der Waals surface area contributed by atoms with E-state index in [1.165, 1.54) is 64.2 Å². The van der Waals surface area contributed by atoms with Crippen LogP contribution in [-0.2, 0) is 37.5 Å². The largest absolute Gasteiger partial charge is 0.480 e. The maximum Gasteiger partial charge on any atom is 0.472 e. The average Bonchev–Trinajstić information content (AvgIpc) is 3.16. The fraction of sp³-hybridized carbons (Fsp3) is 0.791. The van der Waals surface area contributed by atoms with E-state index in [1.54, 1.807) is 0 Å². The first-order chi connectivity index (χ1) is 26.6. The van der Waals surface area contributed by atoms with Crippen molar-refractivity contribution < 1.29 is 47.5 Å². The highest BCUT2D eigenvalue weighted by Crippen LogP contribution is 2.43. The third kappa shape index (κ3) is 38.4. The third-order valence-electron chi connectivity index (χ3n) is 9.11. The summed E-state index contributed by atoms with van der Waals surface area (Å²) >= 11 is 0. The Labute approximate surface area is 333 Å². The van der Waals surface area contributed by atoms with Crippen molar-refractivity contribution >= 4 is 25.7 Å². The summed E-state index contributed by atoms with van der Waals surface area (Å²) in [6.45, 7) is 2.75. The minimum absolute atomic E-state index is 0.144. The van der Waals surface area contributed by atoms with Gasteiger partial charge in [-0.3, -0.25) is 23.4 Å². The first kappa shape index (κ1) is 52.7. The second-order valence-corrected chi connectivity index (χ2v) is 15.9. The van der Waals surface area contributed by atoms with Gasteiger partial charge in [-0.2, -0.15) is 0 Å². The number of esters is 2. The molecule has 0 bridgehead atoms. The van der Waals surface area contributed by atoms with E-state index in [1.807, 2.05) is 0 Å². The Morgan fingerprint density at radius 2 is 0.964 bits per heavy atom. The number of hydrogen-bond acceptors (Lipinski definition) is 9. The van der Waals surface area contributed by atoms with E-state index in [0.717, 1.165) is 83.5 Å². The smallest absolute Gasteiger partial charge is 0.472 e. The van der Waals surface area contributed by atoms with Gasteiger partial charge in [0.2, 0.25) is 0 Å². The number of hydrogen-bond donors (Lipinski definition) is 3. The zero-order valence-electron chi connectivity index (χ0n) is 34.5. The quantitative estimate of drug-likeness (QED) is 0.0233. The van der Waals surface area contributed by atoms with Gasteiger partial charge < -0.3 is 25.2 Å². The molecule has 0 aromatic carbocycles. The van der Waals surface area contributed by atoms with Crippen LogP contribution in [0.2, 0.25) is 0 Å². The minimum atomic E-state index is -4.72. The summed E-state index contributed by atoms with van der Waals surface area (Å²) in [5.74, 6) is -2.41. The van der Waals surface area contributed by atoms with Crippen molar-refractivity contribution in [3.8, 4) is 0 Å². The van der Waals surface area contributed by atoms with Gasteiger partial charge in [0.05, 0.1) is 13.2 Å². The molecule has 0 amide bonds. The van der Waals surface area contributed by atoms with Crippen LogP contribution in [0, 0.1) is 0 Å². The van der Waals surface area contributed by atoms with E-state index in [9.17, 15) is 23.8 Å². The molecule has 0 aliphatic carbocycles. The summed E-state index contributed by atoms with van der Waals surface area (Å²) in [5.41, 5.74) is 5.33. The molecule has 0 aliphatic rings. The molecular formula is C43H78NO10P. The Hall–Kier alpha value is -2.30. The summed E-state index contributed by atoms with van der Waals surface area (Å²) in [6.07, 6.45) is 40.6. The molecule has 3 atom stereocenters. The zero-order valence-corrected chi connectivity index (χ0v) is 35.4. The molecule has 12 heteroatoms. The average molecular weight is 800 g/mol. The number of aliphatic carboxylic acids is 1. The molecule has 0 aromatic rings. The van der Waals surface area contributed by atoms with E-state index in [2.05, 4.69) is 54.8 Å². The van der Waals surface area contributed by atoms with Crippen molar-refractivity contribution in [2.75, 3.05) is 19.8 Å². The molecule has 0 saturated carbocycles. The number of phosphoric acid groups is 1. The van der Waals surface area contributed by atoms with E-state index in [-0.39, 0.29) is 19.4 Å². The lowest BCUT2D eigenvalue weighted by atomic mass is 10.1. The van der Waals surface area contributed by atoms with Gasteiger partial charge in [0, 0.05) is 12.8 Å². The number of unbranched alkanes of at least 4 members (excludes halogenated alkanes) is 20. The normalized spacial score (nSPS) is 14.1. The Morgan fingerprint density at radius 3 is 1.47 bits per heavy atom. The molecule has 0 heterocycles. The Balaban J connectivity index is 4.40. The second-order valence-electron chi connectivity index (χ2n) is 14.5. The fourth-order valence-electron chi connectivity index (χ4n) is 5.68. The van der Waals surface area contributed by atoms with Crippen molar-refractivity contribution in [2.24, 2.45) is 5.73 Å². The molecule has 0 radical (unpaired) electrons. The van der Waals surface area contributed by atoms with Crippen LogP contribution in [0.4, 0.5) is 0 Å². The molecule has 0 aliphatic heterocycles. The van der Waals surface area contributed by atoms with Crippen molar-refractivity contribution in [3.63, 3.8) is 0 Å². The van der Waals surface area contributed by atoms with Gasteiger partial charge in [-0.25, -0.2) is 4.57 Å². The topological polar surface area (TPSA) is 172 Å². The molecule has 320 valence electrons. The van der Waals surface area contributed by atoms with Gasteiger partial charge >= 0.3 is 25.7 Å². The number of ether oxygens (including phenoxy) is 2. The molecule has 1 unspecified atom stereocenters. The number of carbonyl (C=O) groups is 3. The monoisotopic (exact) mass is 800 g/mol. The summed E-state index contributed by atoms with van der Waals surface area (Å²) in [7, 11) is -4.72. The number of nitrogens with two attached hydrogens (primary N) is 1. The highest BCUT2D eigenvalue weighted by molar-refractivity contribution is 7.47. The number of phosphoric ester groups is 1. The second kappa shape index (κ2) is 38.6. The van der Waals surface area contributed by atoms with Gasteiger partial charge in [0.1, 0.15) is 12.6 Å². The standard InChI is InChI=1S/C43H78NO10P/c1-3-5-7-9-11-13-15-17-19-21-22-24-26-28-30-32-34-41(45)51-36-39(37-52-55(49,50)53-38-40(44)43(47)48)54-42(46)35-33-31-29-27-25-23-20-18-16-14-12-10-8-6-4-2/h12,14,18-21,39-40H,3-11,13,15-17,22-38,44H2,1-2H3,(H,47,48)(H,49,50)/b14-12-,20-18-,21-19-/t39-,40+/m1/s1. The summed E-state index contributed by atoms with van der Waals surface area (Å²) in [4.78, 5) is 45.9. The number of carbonyl (C=O) groups excluding carboxylic acids is 2. The van der Waals surface area contributed by atoms with E-state index in [4.69, 9.17) is 24.8 Å². The number of carboxylic acids is 1. The summed E-state index contributed by atoms with van der Waals surface area (Å²) in [5, 5.41) is 8.88. The lowest BCUT2D eigenvalue weighted by molar-refractivity contribution is -0.161. The molecule has 0 spiro atoms. The predicted molar refractivity (Wildman–Crippen MR) is 222 cm³/mol. The van der Waals surface area contributed by atoms with Crippen LogP contribution >= 0.6 is 7.82 Å². The predicted octanol–water partition coefficient (Wildman–Crippen LogP) is 11.2. The van der Waals surface area contributed by atoms with Crippen molar-refractivity contribution in [3.05, 3.63) is 36.5 Å². The molecule has 11 nitrogen and oxygen atoms in total. The van der Waals surface area contributed by atoms with Crippen LogP contribution in [0.25, 0.3) is 0 Å². The Kier molecular flexibility index (Phi) is 37.0. The first-order valence-electron chi connectivity index (χ1n) is 21.5. The van der Waals surface area contributed by atoms with Crippen LogP contribution in [0.1, 0.15) is 187 Å². The van der Waals surface area contributed by atoms with E-state index >= 15 is 0 Å². The molecule has 0 saturated heterocycles. The first-order valence-corrected chi connectivity index (χ1v) is 23.0. The SMILES string of the molecule is CCCCC/C=C\C/C=C\CCCCCCCC(=O)O[C@H](COC(=O)CCCCCCC/C=C\CCCCCCCCC)COP(=O)(O)OC[C@H](N)C(=O)O. The van der Waals surface area contributed by atoms with Gasteiger partial charge in [0.25, 0.3) is 0 Å². The molecule has 4 N–H and O–H groups in total. The maximum absolute atomic E-state index is 12.6. The zero-order chi connectivity index (χ0) is 40.7. The Morgan fingerprint density at radius 1 is 0.564 bits per heavy atom. The van der Waals surface area contributed by atoms with Crippen LogP contribution in [0.3, 0.4) is 0 Å². The number of allylic oxidation sites excluding steroid dienone is 6. The molecule has 0 aromatic heterocycles. The molecule has 55 heavy (non-hydrogen) atoms. The number of rotatable bonds is 40. The van der Waals surface area contributed by atoms with Crippen molar-refractivity contribution in [1.82, 2.24) is 0 Å². The summed E-state index contributed by atoms with van der Waals surface area (Å²) < 4.78 is 32.7. The van der Waals surface area contributed by atoms with Gasteiger partial charge in [-0.15, -0.1) is 0 Å². The maximum atomic E-state index is 12.6. The molecule has 0 fully saturated rings. The minimum Gasteiger partial charge on any atom is -0.480 e. The van der Waals surface area contributed by atoms with Crippen LogP contribution < -0.4 is 5.73 Å². The Bertz CT molecular complexity index is 1080. The van der Waals surface area contributed by atoms with Gasteiger partial charge in [-0.1, -0.05) is 140 Å². The highest BCUT2D eigenvalue weighted by Gasteiger charge is 2.28. The fourth-order valence-corrected chi connectivity index (χ4v) is 6.46. The lowest BCUT2D eigenvalue weighted by Crippen LogP contribution is -2.34. The lowest BCUT2D eigenvalue weighted by Gasteiger charge is -2.20. The number of carboxylic acid groups (broad SMARTS) is 1. The van der Waals surface area contributed by atoms with Crippen LogP contribution in [-0.4, -0.2) is 59.9 Å². The van der Waals surface area contributed by atoms with Gasteiger partial charge in [0.15, 0.2) is 6.10 Å². The summed E-state index contributed by atoms with van der Waals surface area (Å²) in [6, 6.07) is -1.52. The molecule has 0 rings (SSSR count). The van der Waals surface area contributed by atoms with E-state index < -0.39 is 51.1 Å². The van der Waals surface area contributed by atoms with Crippen LogP contribution in [0.5, 0.6) is 0 Å². The third-order valence-corrected chi connectivity index (χ3v) is 10.1. The van der Waals surface area contributed by atoms with Crippen molar-refractivity contribution in [2.45, 2.75) is 199 Å². The highest BCUT2D eigenvalue weighted by atomic mass is 31.2. The van der Waals surface area contributed by atoms with Crippen LogP contribution in [0.15, 0.2) is 36.5 Å². The molecular weight excluding hydrogens is 721 g/mol. The van der Waals surface area contributed by atoms with Gasteiger partial charge in [-0.05, 0) is 70.6 Å².